The molecule has 4 aromatic carbocycles. The van der Waals surface area contributed by atoms with E-state index in [-0.39, 0.29) is 19.4 Å². The van der Waals surface area contributed by atoms with E-state index in [1.165, 1.54) is 0 Å². The van der Waals surface area contributed by atoms with Crippen LogP contribution in [0, 0.1) is 0 Å². The second kappa shape index (κ2) is 21.2. The number of unbranched alkanes of at least 4 members (excludes halogenated alkanes) is 2. The predicted octanol–water partition coefficient (Wildman–Crippen LogP) is 5.72. The van der Waals surface area contributed by atoms with Crippen LogP contribution in [-0.2, 0) is 38.6 Å². The Labute approximate surface area is 339 Å². The zero-order valence-electron chi connectivity index (χ0n) is 32.4. The van der Waals surface area contributed by atoms with E-state index in [0.29, 0.717) is 48.2 Å². The highest BCUT2D eigenvalue weighted by molar-refractivity contribution is 6.06. The van der Waals surface area contributed by atoms with Gasteiger partial charge in [0.25, 0.3) is 5.91 Å². The summed E-state index contributed by atoms with van der Waals surface area (Å²) in [6.45, 7) is 2.15. The van der Waals surface area contributed by atoms with Crippen LogP contribution in [0.3, 0.4) is 0 Å². The Morgan fingerprint density at radius 2 is 1.61 bits per heavy atom. The molecule has 18 heteroatoms. The Hall–Kier alpha value is -5.96. The van der Waals surface area contributed by atoms with Crippen LogP contribution in [0.15, 0.2) is 97.1 Å². The van der Waals surface area contributed by atoms with Gasteiger partial charge in [0, 0.05) is 24.9 Å². The van der Waals surface area contributed by atoms with E-state index in [9.17, 15) is 9.59 Å². The molecule has 0 fully saturated rings. The second-order valence-electron chi connectivity index (χ2n) is 13.8. The predicted molar refractivity (Wildman–Crippen MR) is 210 cm³/mol. The molecule has 0 bridgehead atoms. The fraction of sp³-hybridized carbons (Fsp3) is 0.317. The Balaban J connectivity index is 1.20. The Morgan fingerprint density at radius 3 is 2.32 bits per heavy atom. The second-order valence-corrected chi connectivity index (χ2v) is 13.8. The standard InChI is InChI=1S/C41H47N9O9/c1-2-3-19-37-42-35-18-11-17-34(38(35)48(37)26-29-20-22-30(23-21-29)32-15-7-8-16-33(32)39-44-46-47-45-39)40(51)43-36(25-28-12-5-4-6-13-28)41(52)57-24-10-9-14-31(59-50(55)56)27-58-49(53)54/h4-8,11-13,15-18,20-23,31,36,53-56H,2-3,9-10,14,19,24-27H2,1H3,(H,43,51)(H,44,45,46,47). The zero-order valence-corrected chi connectivity index (χ0v) is 32.4. The number of aromatic nitrogens is 6. The Bertz CT molecular complexity index is 2230. The van der Waals surface area contributed by atoms with Gasteiger partial charge in [-0.1, -0.05) is 98.3 Å². The summed E-state index contributed by atoms with van der Waals surface area (Å²) in [5.74, 6) is 0.272. The lowest BCUT2D eigenvalue weighted by atomic mass is 9.98. The summed E-state index contributed by atoms with van der Waals surface area (Å²) < 4.78 is 7.71. The van der Waals surface area contributed by atoms with Gasteiger partial charge in [-0.15, -0.1) is 10.2 Å². The van der Waals surface area contributed by atoms with Gasteiger partial charge in [0.05, 0.1) is 34.0 Å². The van der Waals surface area contributed by atoms with Crippen molar-refractivity contribution in [2.45, 2.75) is 70.6 Å². The fourth-order valence-electron chi connectivity index (χ4n) is 6.77. The molecule has 0 saturated heterocycles. The van der Waals surface area contributed by atoms with E-state index >= 15 is 0 Å². The molecule has 2 heterocycles. The lowest BCUT2D eigenvalue weighted by Gasteiger charge is -2.20. The van der Waals surface area contributed by atoms with E-state index in [4.69, 9.17) is 35.4 Å². The van der Waals surface area contributed by atoms with Crippen LogP contribution < -0.4 is 5.32 Å². The summed E-state index contributed by atoms with van der Waals surface area (Å²) >= 11 is 0. The van der Waals surface area contributed by atoms with Crippen molar-refractivity contribution in [2.75, 3.05) is 13.2 Å². The number of nitrogens with one attached hydrogen (secondary N) is 2. The number of imidazole rings is 1. The number of aryl methyl sites for hydroxylation is 1. The molecule has 59 heavy (non-hydrogen) atoms. The van der Waals surface area contributed by atoms with Crippen LogP contribution in [0.25, 0.3) is 33.5 Å². The lowest BCUT2D eigenvalue weighted by Crippen LogP contribution is -2.43. The van der Waals surface area contributed by atoms with Crippen LogP contribution in [-0.4, -0.2) is 99.0 Å². The maximum atomic E-state index is 14.3. The number of hydrogen-bond donors (Lipinski definition) is 6. The number of benzene rings is 4. The van der Waals surface area contributed by atoms with Gasteiger partial charge in [-0.05, 0) is 65.3 Å². The quantitative estimate of drug-likeness (QED) is 0.0273. The molecule has 6 N–H and O–H groups in total. The number of tetrazole rings is 1. The summed E-state index contributed by atoms with van der Waals surface area (Å²) in [6, 6.07) is 29.7. The minimum Gasteiger partial charge on any atom is -0.464 e. The molecule has 310 valence electrons. The summed E-state index contributed by atoms with van der Waals surface area (Å²) in [5.41, 5.74) is 6.32. The van der Waals surface area contributed by atoms with Crippen LogP contribution in [0.5, 0.6) is 0 Å². The number of fused-ring (bicyclic) bond motifs is 1. The fourth-order valence-corrected chi connectivity index (χ4v) is 6.77. The highest BCUT2D eigenvalue weighted by Crippen LogP contribution is 2.30. The smallest absolute Gasteiger partial charge is 0.328 e. The monoisotopic (exact) mass is 809 g/mol. The molecule has 0 spiro atoms. The molecule has 6 rings (SSSR count). The number of esters is 1. The van der Waals surface area contributed by atoms with E-state index in [1.54, 1.807) is 12.1 Å². The van der Waals surface area contributed by atoms with Crippen molar-refractivity contribution < 1.29 is 44.8 Å². The number of hydrogen-bond acceptors (Lipinski definition) is 15. The van der Waals surface area contributed by atoms with Crippen LogP contribution in [0.2, 0.25) is 0 Å². The van der Waals surface area contributed by atoms with Crippen LogP contribution in [0.4, 0.5) is 0 Å². The summed E-state index contributed by atoms with van der Waals surface area (Å²) in [6.07, 6.45) is 2.72. The summed E-state index contributed by atoms with van der Waals surface area (Å²) in [4.78, 5) is 42.1. The highest BCUT2D eigenvalue weighted by atomic mass is 17.1. The van der Waals surface area contributed by atoms with Gasteiger partial charge in [0.2, 0.25) is 5.82 Å². The third-order valence-electron chi connectivity index (χ3n) is 9.62. The van der Waals surface area contributed by atoms with Gasteiger partial charge in [-0.2, -0.15) is 5.21 Å². The number of aromatic amines is 1. The largest absolute Gasteiger partial charge is 0.464 e. The van der Waals surface area contributed by atoms with Crippen LogP contribution in [0.1, 0.15) is 66.3 Å². The first-order valence-corrected chi connectivity index (χ1v) is 19.3. The molecule has 2 aromatic heterocycles. The number of rotatable bonds is 22. The van der Waals surface area contributed by atoms with Crippen molar-refractivity contribution in [1.82, 2.24) is 46.3 Å². The Morgan fingerprint density at radius 1 is 0.847 bits per heavy atom. The number of amides is 1. The average molecular weight is 810 g/mol. The molecule has 0 saturated carbocycles. The molecule has 6 aromatic rings. The third kappa shape index (κ3) is 11.8. The highest BCUT2D eigenvalue weighted by Gasteiger charge is 2.26. The van der Waals surface area contributed by atoms with E-state index < -0.39 is 41.4 Å². The normalized spacial score (nSPS) is 12.6. The first kappa shape index (κ1) is 42.6. The molecular formula is C41H47N9O9. The summed E-state index contributed by atoms with van der Waals surface area (Å²) in [7, 11) is 0. The molecule has 0 aliphatic heterocycles. The van der Waals surface area contributed by atoms with E-state index in [2.05, 4.69) is 54.4 Å². The molecule has 2 unspecified atom stereocenters. The number of carbonyl (C=O) groups is 2. The van der Waals surface area contributed by atoms with Gasteiger partial charge in [0.15, 0.2) is 0 Å². The molecule has 0 radical (unpaired) electrons. The molecule has 0 aliphatic rings. The first-order valence-electron chi connectivity index (χ1n) is 19.3. The molecule has 0 aliphatic carbocycles. The number of para-hydroxylation sites is 1. The average Bonchev–Trinajstić information content (AvgIpc) is 3.90. The van der Waals surface area contributed by atoms with Crippen molar-refractivity contribution >= 4 is 22.9 Å². The molecule has 2 atom stereocenters. The molecule has 18 nitrogen and oxygen atoms in total. The van der Waals surface area contributed by atoms with Crippen molar-refractivity contribution in [1.29, 1.82) is 0 Å². The SMILES string of the molecule is CCCCc1nc2cccc(C(=O)NC(Cc3ccccc3)C(=O)OCCCCC(CON(O)O)ON(O)O)c2n1Cc1ccc(-c2ccccc2-c2nn[nH]n2)cc1. The van der Waals surface area contributed by atoms with Gasteiger partial charge < -0.3 is 14.6 Å². The van der Waals surface area contributed by atoms with Gasteiger partial charge in [-0.3, -0.25) is 25.6 Å². The number of nitrogens with zero attached hydrogens (tertiary/aromatic N) is 7. The topological polar surface area (TPSA) is 234 Å². The maximum Gasteiger partial charge on any atom is 0.328 e. The lowest BCUT2D eigenvalue weighted by molar-refractivity contribution is -0.527. The molecule has 1 amide bonds. The number of H-pyrrole nitrogens is 1. The van der Waals surface area contributed by atoms with Crippen molar-refractivity contribution in [3.05, 3.63) is 120 Å². The Kier molecular flexibility index (Phi) is 15.3. The van der Waals surface area contributed by atoms with Crippen molar-refractivity contribution in [2.24, 2.45) is 0 Å². The minimum absolute atomic E-state index is 0.00766. The zero-order chi connectivity index (χ0) is 41.6. The minimum atomic E-state index is -1.03. The van der Waals surface area contributed by atoms with Crippen LogP contribution >= 0.6 is 0 Å². The number of carbonyl (C=O) groups excluding carboxylic acids is 2. The van der Waals surface area contributed by atoms with Crippen molar-refractivity contribution in [3.8, 4) is 22.5 Å². The van der Waals surface area contributed by atoms with E-state index in [0.717, 1.165) is 46.5 Å². The summed E-state index contributed by atoms with van der Waals surface area (Å²) in [5, 5.41) is 52.1. The van der Waals surface area contributed by atoms with Crippen molar-refractivity contribution in [3.63, 3.8) is 0 Å². The van der Waals surface area contributed by atoms with Gasteiger partial charge in [-0.25, -0.2) is 19.5 Å². The number of ether oxygens (including phenoxy) is 1. The molecular weight excluding hydrogens is 763 g/mol. The third-order valence-corrected chi connectivity index (χ3v) is 9.62. The maximum absolute atomic E-state index is 14.3. The van der Waals surface area contributed by atoms with Gasteiger partial charge >= 0.3 is 5.97 Å². The first-order chi connectivity index (χ1) is 28.7. The van der Waals surface area contributed by atoms with E-state index in [1.807, 2.05) is 72.8 Å². The van der Waals surface area contributed by atoms with Gasteiger partial charge in [0.1, 0.15) is 24.6 Å².